The van der Waals surface area contributed by atoms with Crippen molar-refractivity contribution in [3.05, 3.63) is 0 Å². The summed E-state index contributed by atoms with van der Waals surface area (Å²) in [5, 5.41) is 5.76. The van der Waals surface area contributed by atoms with Gasteiger partial charge in [-0.05, 0) is 19.4 Å². The second kappa shape index (κ2) is 9.45. The highest BCUT2D eigenvalue weighted by atomic mass is 19.1. The molecule has 0 saturated carbocycles. The first-order chi connectivity index (χ1) is 6.31. The fourth-order valence-corrected chi connectivity index (χ4v) is 0.872. The fraction of sp³-hybridized carbons (Fsp3) is 0.889. The molecule has 3 nitrogen and oxygen atoms in total. The van der Waals surface area contributed by atoms with E-state index in [4.69, 9.17) is 0 Å². The smallest absolute Gasteiger partial charge is 0.221 e. The van der Waals surface area contributed by atoms with E-state index in [9.17, 15) is 9.18 Å². The number of amides is 1. The maximum absolute atomic E-state index is 11.6. The Balaban J connectivity index is 3.08. The van der Waals surface area contributed by atoms with Crippen LogP contribution in [-0.2, 0) is 4.79 Å². The van der Waals surface area contributed by atoms with E-state index in [-0.39, 0.29) is 12.6 Å². The van der Waals surface area contributed by atoms with Crippen molar-refractivity contribution in [1.82, 2.24) is 10.6 Å². The summed E-state index contributed by atoms with van der Waals surface area (Å²) >= 11 is 0. The van der Waals surface area contributed by atoms with E-state index in [1.165, 1.54) is 0 Å². The number of carbonyl (C=O) groups excluding carboxylic acids is 1. The van der Waals surface area contributed by atoms with Crippen LogP contribution in [-0.4, -0.2) is 32.2 Å². The van der Waals surface area contributed by atoms with Crippen molar-refractivity contribution in [3.63, 3.8) is 0 Å². The molecule has 0 aromatic rings. The Morgan fingerprint density at radius 2 is 2.08 bits per heavy atom. The van der Waals surface area contributed by atoms with Gasteiger partial charge in [-0.25, -0.2) is 0 Å². The normalized spacial score (nSPS) is 10.0. The highest BCUT2D eigenvalue weighted by Gasteiger charge is 1.97. The predicted octanol–water partition coefficient (Wildman–Crippen LogP) is 0.852. The van der Waals surface area contributed by atoms with Gasteiger partial charge in [0.15, 0.2) is 0 Å². The van der Waals surface area contributed by atoms with Crippen LogP contribution in [0.1, 0.15) is 26.2 Å². The van der Waals surface area contributed by atoms with Gasteiger partial charge in [0.05, 0.1) is 6.67 Å². The Labute approximate surface area is 79.1 Å². The zero-order valence-corrected chi connectivity index (χ0v) is 8.24. The van der Waals surface area contributed by atoms with Crippen molar-refractivity contribution in [2.45, 2.75) is 26.2 Å². The topological polar surface area (TPSA) is 41.1 Å². The third-order valence-corrected chi connectivity index (χ3v) is 1.59. The van der Waals surface area contributed by atoms with Crippen LogP contribution in [0, 0.1) is 0 Å². The molecule has 0 saturated heterocycles. The summed E-state index contributed by atoms with van der Waals surface area (Å²) in [6.45, 7) is 3.74. The number of hydrogen-bond donors (Lipinski definition) is 2. The molecule has 0 unspecified atom stereocenters. The van der Waals surface area contributed by atoms with E-state index < -0.39 is 0 Å². The van der Waals surface area contributed by atoms with Crippen LogP contribution in [0.2, 0.25) is 0 Å². The first-order valence-corrected chi connectivity index (χ1v) is 4.84. The third kappa shape index (κ3) is 9.27. The number of nitrogens with one attached hydrogen (secondary N) is 2. The van der Waals surface area contributed by atoms with Gasteiger partial charge in [0, 0.05) is 19.5 Å². The molecule has 0 radical (unpaired) electrons. The van der Waals surface area contributed by atoms with E-state index in [1.807, 2.05) is 6.92 Å². The Morgan fingerprint density at radius 3 is 2.69 bits per heavy atom. The zero-order valence-electron chi connectivity index (χ0n) is 8.24. The third-order valence-electron chi connectivity index (χ3n) is 1.59. The van der Waals surface area contributed by atoms with Gasteiger partial charge in [-0.1, -0.05) is 6.92 Å². The molecule has 0 fully saturated rings. The van der Waals surface area contributed by atoms with Gasteiger partial charge in [-0.3, -0.25) is 9.18 Å². The molecule has 0 aliphatic rings. The molecule has 0 rings (SSSR count). The Bertz CT molecular complexity index is 131. The maximum atomic E-state index is 11.6. The minimum atomic E-state index is -0.297. The highest BCUT2D eigenvalue weighted by Crippen LogP contribution is 1.81. The van der Waals surface area contributed by atoms with Gasteiger partial charge in [0.2, 0.25) is 5.91 Å². The van der Waals surface area contributed by atoms with Crippen molar-refractivity contribution >= 4 is 5.91 Å². The van der Waals surface area contributed by atoms with E-state index in [1.54, 1.807) is 0 Å². The molecule has 0 aliphatic heterocycles. The molecule has 0 heterocycles. The summed E-state index contributed by atoms with van der Waals surface area (Å²) in [4.78, 5) is 11.0. The monoisotopic (exact) mass is 190 g/mol. The molecule has 0 aliphatic carbocycles. The van der Waals surface area contributed by atoms with Gasteiger partial charge >= 0.3 is 0 Å². The van der Waals surface area contributed by atoms with Crippen molar-refractivity contribution in [2.75, 3.05) is 26.3 Å². The molecule has 4 heteroatoms. The average molecular weight is 190 g/mol. The van der Waals surface area contributed by atoms with E-state index in [0.717, 1.165) is 13.0 Å². The number of alkyl halides is 1. The van der Waals surface area contributed by atoms with E-state index in [0.29, 0.717) is 25.9 Å². The van der Waals surface area contributed by atoms with Gasteiger partial charge < -0.3 is 10.6 Å². The highest BCUT2D eigenvalue weighted by molar-refractivity contribution is 5.75. The summed E-state index contributed by atoms with van der Waals surface area (Å²) < 4.78 is 11.6. The van der Waals surface area contributed by atoms with Crippen molar-refractivity contribution in [2.24, 2.45) is 0 Å². The molecular weight excluding hydrogens is 171 g/mol. The molecule has 1 amide bonds. The summed E-state index contributed by atoms with van der Waals surface area (Å²) in [7, 11) is 0. The number of hydrogen-bond acceptors (Lipinski definition) is 2. The summed E-state index contributed by atoms with van der Waals surface area (Å²) in [6.07, 6.45) is 1.96. The van der Waals surface area contributed by atoms with Gasteiger partial charge in [0.25, 0.3) is 0 Å². The maximum Gasteiger partial charge on any atom is 0.221 e. The molecule has 0 bridgehead atoms. The van der Waals surface area contributed by atoms with Crippen molar-refractivity contribution in [1.29, 1.82) is 0 Å². The molecule has 0 spiro atoms. The minimum absolute atomic E-state index is 0.0644. The van der Waals surface area contributed by atoms with E-state index in [2.05, 4.69) is 10.6 Å². The summed E-state index contributed by atoms with van der Waals surface area (Å²) in [5.74, 6) is 0.0644. The second-order valence-electron chi connectivity index (χ2n) is 2.89. The largest absolute Gasteiger partial charge is 0.356 e. The van der Waals surface area contributed by atoms with E-state index >= 15 is 0 Å². The molecule has 78 valence electrons. The first kappa shape index (κ1) is 12.4. The molecule has 0 aromatic carbocycles. The lowest BCUT2D eigenvalue weighted by molar-refractivity contribution is -0.120. The quantitative estimate of drug-likeness (QED) is 0.557. The van der Waals surface area contributed by atoms with Crippen molar-refractivity contribution in [3.8, 4) is 0 Å². The van der Waals surface area contributed by atoms with Crippen LogP contribution in [0.4, 0.5) is 4.39 Å². The van der Waals surface area contributed by atoms with Crippen LogP contribution in [0.3, 0.4) is 0 Å². The van der Waals surface area contributed by atoms with Gasteiger partial charge in [0.1, 0.15) is 0 Å². The average Bonchev–Trinajstić information content (AvgIpc) is 2.14. The zero-order chi connectivity index (χ0) is 9.94. The number of rotatable bonds is 8. The van der Waals surface area contributed by atoms with Crippen molar-refractivity contribution < 1.29 is 9.18 Å². The molecule has 0 atom stereocenters. The van der Waals surface area contributed by atoms with Crippen LogP contribution >= 0.6 is 0 Å². The SMILES string of the molecule is CCCNC(=O)CCNCCCF. The van der Waals surface area contributed by atoms with Crippen LogP contribution in [0.5, 0.6) is 0 Å². The lowest BCUT2D eigenvalue weighted by Gasteiger charge is -2.04. The molecule has 2 N–H and O–H groups in total. The number of carbonyl (C=O) groups is 1. The molecule has 13 heavy (non-hydrogen) atoms. The minimum Gasteiger partial charge on any atom is -0.356 e. The van der Waals surface area contributed by atoms with Crippen LogP contribution in [0.25, 0.3) is 0 Å². The van der Waals surface area contributed by atoms with Crippen LogP contribution in [0.15, 0.2) is 0 Å². The summed E-state index contributed by atoms with van der Waals surface area (Å²) in [6, 6.07) is 0. The first-order valence-electron chi connectivity index (χ1n) is 4.84. The second-order valence-corrected chi connectivity index (χ2v) is 2.89. The van der Waals surface area contributed by atoms with Crippen LogP contribution < -0.4 is 10.6 Å². The predicted molar refractivity (Wildman–Crippen MR) is 51.4 cm³/mol. The molecular formula is C9H19FN2O. The lowest BCUT2D eigenvalue weighted by Crippen LogP contribution is -2.28. The Hall–Kier alpha value is -0.640. The Morgan fingerprint density at radius 1 is 1.31 bits per heavy atom. The standard InChI is InChI=1S/C9H19FN2O/c1-2-6-12-9(13)4-8-11-7-3-5-10/h11H,2-8H2,1H3,(H,12,13). The Kier molecular flexibility index (Phi) is 8.98. The van der Waals surface area contributed by atoms with Gasteiger partial charge in [-0.2, -0.15) is 0 Å². The number of halogens is 1. The molecule has 0 aromatic heterocycles. The lowest BCUT2D eigenvalue weighted by atomic mass is 10.3. The fourth-order valence-electron chi connectivity index (χ4n) is 0.872. The van der Waals surface area contributed by atoms with Gasteiger partial charge in [-0.15, -0.1) is 0 Å². The summed E-state index contributed by atoms with van der Waals surface area (Å²) in [5.41, 5.74) is 0.